The van der Waals surface area contributed by atoms with E-state index < -0.39 is 48.4 Å². The van der Waals surface area contributed by atoms with Gasteiger partial charge in [-0.2, -0.15) is 0 Å². The molecule has 0 saturated carbocycles. The number of nitrogens with two attached hydrogens (primary N) is 3. The average molecular weight is 366 g/mol. The first-order valence-electron chi connectivity index (χ1n) is 7.70. The van der Waals surface area contributed by atoms with Crippen LogP contribution in [0.25, 0.3) is 0 Å². The summed E-state index contributed by atoms with van der Waals surface area (Å²) in [5.41, 5.74) is 16.3. The molecule has 142 valence electrons. The van der Waals surface area contributed by atoms with Crippen molar-refractivity contribution in [2.24, 2.45) is 17.2 Å². The number of esters is 1. The molecule has 3 amide bonds. The van der Waals surface area contributed by atoms with Crippen molar-refractivity contribution in [2.75, 3.05) is 6.54 Å². The molecular weight excluding hydrogens is 344 g/mol. The molecule has 0 spiro atoms. The van der Waals surface area contributed by atoms with Gasteiger partial charge in [0.2, 0.25) is 17.7 Å². The van der Waals surface area contributed by atoms with Gasteiger partial charge in [0.25, 0.3) is 0 Å². The summed E-state index contributed by atoms with van der Waals surface area (Å²) < 4.78 is 5.08. The van der Waals surface area contributed by atoms with Crippen LogP contribution in [0.2, 0.25) is 0 Å². The van der Waals surface area contributed by atoms with Crippen molar-refractivity contribution in [1.82, 2.24) is 4.90 Å². The van der Waals surface area contributed by atoms with E-state index in [1.165, 1.54) is 6.92 Å². The van der Waals surface area contributed by atoms with Gasteiger partial charge >= 0.3 is 5.97 Å². The van der Waals surface area contributed by atoms with E-state index in [1.807, 2.05) is 0 Å². The van der Waals surface area contributed by atoms with Crippen LogP contribution in [0.15, 0.2) is 30.3 Å². The third kappa shape index (κ3) is 5.34. The highest BCUT2D eigenvalue weighted by atomic mass is 16.5. The number of primary amides is 1. The molecule has 7 N–H and O–H groups in total. The Morgan fingerprint density at radius 1 is 1.19 bits per heavy atom. The van der Waals surface area contributed by atoms with Crippen LogP contribution in [0.1, 0.15) is 12.5 Å². The summed E-state index contributed by atoms with van der Waals surface area (Å²) in [6.07, 6.45) is -2.02. The SMILES string of the molecule is C[C@@H](C(=O)OCc1ccccc1)N(C(=O)CN)C(=O)[C@@H](N)[C@H](O)C(N)=O. The fraction of sp³-hybridized carbons (Fsp3) is 0.375. The summed E-state index contributed by atoms with van der Waals surface area (Å²) in [4.78, 5) is 48.0. The maximum absolute atomic E-state index is 12.4. The number of hydrogen-bond donors (Lipinski definition) is 4. The van der Waals surface area contributed by atoms with Crippen LogP contribution in [-0.4, -0.2) is 58.4 Å². The second-order valence-electron chi connectivity index (χ2n) is 5.45. The monoisotopic (exact) mass is 366 g/mol. The van der Waals surface area contributed by atoms with E-state index in [0.717, 1.165) is 0 Å². The minimum absolute atomic E-state index is 0.0706. The molecule has 0 aliphatic carbocycles. The second kappa shape index (κ2) is 9.61. The van der Waals surface area contributed by atoms with Gasteiger partial charge in [0.15, 0.2) is 6.10 Å². The number of imide groups is 1. The molecule has 0 saturated heterocycles. The minimum Gasteiger partial charge on any atom is -0.459 e. The molecule has 1 aromatic carbocycles. The third-order valence-electron chi connectivity index (χ3n) is 3.55. The summed E-state index contributed by atoms with van der Waals surface area (Å²) in [6.45, 7) is 0.572. The minimum atomic E-state index is -2.02. The van der Waals surface area contributed by atoms with E-state index in [4.69, 9.17) is 21.9 Å². The molecule has 1 aromatic rings. The van der Waals surface area contributed by atoms with Gasteiger partial charge in [0, 0.05) is 0 Å². The summed E-state index contributed by atoms with van der Waals surface area (Å²) in [7, 11) is 0. The van der Waals surface area contributed by atoms with E-state index in [0.29, 0.717) is 10.5 Å². The Morgan fingerprint density at radius 3 is 2.27 bits per heavy atom. The molecular formula is C16H22N4O6. The molecule has 0 heterocycles. The Bertz CT molecular complexity index is 666. The highest BCUT2D eigenvalue weighted by molar-refractivity contribution is 6.03. The van der Waals surface area contributed by atoms with Crippen molar-refractivity contribution in [2.45, 2.75) is 31.7 Å². The largest absolute Gasteiger partial charge is 0.459 e. The molecule has 0 radical (unpaired) electrons. The molecule has 0 aliphatic heterocycles. The van der Waals surface area contributed by atoms with Crippen molar-refractivity contribution < 1.29 is 29.0 Å². The van der Waals surface area contributed by atoms with Gasteiger partial charge in [-0.05, 0) is 12.5 Å². The number of aliphatic hydroxyl groups is 1. The number of carbonyl (C=O) groups is 4. The van der Waals surface area contributed by atoms with Gasteiger partial charge in [-0.15, -0.1) is 0 Å². The molecule has 10 nitrogen and oxygen atoms in total. The first-order chi connectivity index (χ1) is 12.2. The molecule has 3 atom stereocenters. The Kier molecular flexibility index (Phi) is 7.84. The van der Waals surface area contributed by atoms with Crippen LogP contribution in [0.5, 0.6) is 0 Å². The average Bonchev–Trinajstić information content (AvgIpc) is 2.65. The van der Waals surface area contributed by atoms with E-state index in [-0.39, 0.29) is 6.61 Å². The summed E-state index contributed by atoms with van der Waals surface area (Å²) in [5.74, 6) is -4.22. The smallest absolute Gasteiger partial charge is 0.329 e. The highest BCUT2D eigenvalue weighted by Gasteiger charge is 2.38. The van der Waals surface area contributed by atoms with E-state index in [1.54, 1.807) is 30.3 Å². The zero-order valence-electron chi connectivity index (χ0n) is 14.2. The van der Waals surface area contributed by atoms with Crippen LogP contribution >= 0.6 is 0 Å². The van der Waals surface area contributed by atoms with Gasteiger partial charge in [-0.1, -0.05) is 30.3 Å². The fourth-order valence-electron chi connectivity index (χ4n) is 2.06. The Labute approximate surface area is 149 Å². The standard InChI is InChI=1S/C16H22N4O6/c1-9(16(25)26-8-10-5-3-2-4-6-10)20(11(21)7-17)15(24)12(18)13(22)14(19)23/h2-6,9,12-13,22H,7-8,17-18H2,1H3,(H2,19,23)/t9-,12-,13-/m0/s1. The van der Waals surface area contributed by atoms with Gasteiger partial charge < -0.3 is 27.0 Å². The molecule has 1 rings (SSSR count). The van der Waals surface area contributed by atoms with Crippen molar-refractivity contribution in [3.05, 3.63) is 35.9 Å². The molecule has 0 aliphatic rings. The van der Waals surface area contributed by atoms with Crippen LogP contribution in [0, 0.1) is 0 Å². The summed E-state index contributed by atoms with van der Waals surface area (Å²) >= 11 is 0. The van der Waals surface area contributed by atoms with Crippen molar-refractivity contribution in [3.63, 3.8) is 0 Å². The number of rotatable bonds is 8. The van der Waals surface area contributed by atoms with Crippen molar-refractivity contribution in [1.29, 1.82) is 0 Å². The van der Waals surface area contributed by atoms with Gasteiger partial charge in [0.05, 0.1) is 6.54 Å². The molecule has 0 bridgehead atoms. The van der Waals surface area contributed by atoms with Crippen molar-refractivity contribution in [3.8, 4) is 0 Å². The van der Waals surface area contributed by atoms with E-state index in [2.05, 4.69) is 0 Å². The fourth-order valence-corrected chi connectivity index (χ4v) is 2.06. The van der Waals surface area contributed by atoms with E-state index >= 15 is 0 Å². The predicted octanol–water partition coefficient (Wildman–Crippen LogP) is -2.39. The maximum atomic E-state index is 12.4. The molecule has 0 unspecified atom stereocenters. The van der Waals surface area contributed by atoms with Crippen LogP contribution in [0.3, 0.4) is 0 Å². The predicted molar refractivity (Wildman–Crippen MR) is 89.8 cm³/mol. The van der Waals surface area contributed by atoms with Crippen LogP contribution in [-0.2, 0) is 30.5 Å². The zero-order chi connectivity index (χ0) is 19.9. The Balaban J connectivity index is 2.90. The Hall–Kier alpha value is -2.82. The van der Waals surface area contributed by atoms with Gasteiger partial charge in [0.1, 0.15) is 18.7 Å². The summed E-state index contributed by atoms with van der Waals surface area (Å²) in [6, 6.07) is 5.56. The first kappa shape index (κ1) is 21.2. The van der Waals surface area contributed by atoms with Crippen molar-refractivity contribution >= 4 is 23.7 Å². The molecule has 26 heavy (non-hydrogen) atoms. The number of ether oxygens (including phenoxy) is 1. The molecule has 10 heteroatoms. The number of carbonyl (C=O) groups excluding carboxylic acids is 4. The highest BCUT2D eigenvalue weighted by Crippen LogP contribution is 2.09. The van der Waals surface area contributed by atoms with E-state index in [9.17, 15) is 24.3 Å². The van der Waals surface area contributed by atoms with Crippen LogP contribution in [0.4, 0.5) is 0 Å². The number of benzene rings is 1. The summed E-state index contributed by atoms with van der Waals surface area (Å²) in [5, 5.41) is 9.54. The second-order valence-corrected chi connectivity index (χ2v) is 5.45. The zero-order valence-corrected chi connectivity index (χ0v) is 14.2. The number of hydrogen-bond acceptors (Lipinski definition) is 8. The lowest BCUT2D eigenvalue weighted by atomic mass is 10.1. The molecule has 0 aromatic heterocycles. The topological polar surface area (TPSA) is 179 Å². The van der Waals surface area contributed by atoms with Crippen LogP contribution < -0.4 is 17.2 Å². The van der Waals surface area contributed by atoms with Gasteiger partial charge in [-0.3, -0.25) is 19.3 Å². The lowest BCUT2D eigenvalue weighted by molar-refractivity contribution is -0.162. The normalized spacial score (nSPS) is 14.0. The molecule has 0 fully saturated rings. The third-order valence-corrected chi connectivity index (χ3v) is 3.55. The number of amides is 3. The quantitative estimate of drug-likeness (QED) is 0.368. The Morgan fingerprint density at radius 2 is 1.77 bits per heavy atom. The maximum Gasteiger partial charge on any atom is 0.329 e. The number of nitrogens with zero attached hydrogens (tertiary/aromatic N) is 1. The van der Waals surface area contributed by atoms with Gasteiger partial charge in [-0.25, -0.2) is 4.79 Å². The lowest BCUT2D eigenvalue weighted by Gasteiger charge is -2.29. The number of aliphatic hydroxyl groups excluding tert-OH is 1. The lowest BCUT2D eigenvalue weighted by Crippen LogP contribution is -2.59. The first-order valence-corrected chi connectivity index (χ1v) is 7.70.